The number of hydrogen-bond donors (Lipinski definition) is 1. The molecule has 0 radical (unpaired) electrons. The van der Waals surface area contributed by atoms with Crippen LogP contribution in [0.5, 0.6) is 0 Å². The van der Waals surface area contributed by atoms with Crippen molar-refractivity contribution in [1.29, 1.82) is 0 Å². The zero-order chi connectivity index (χ0) is 13.8. The number of halogens is 2. The SMILES string of the molecule is O=C(CCc1cccc(Cl)c1Cl)N(CCO)C1CC1. The van der Waals surface area contributed by atoms with Crippen molar-refractivity contribution in [3.63, 3.8) is 0 Å². The van der Waals surface area contributed by atoms with E-state index < -0.39 is 0 Å². The van der Waals surface area contributed by atoms with Gasteiger partial charge in [0.25, 0.3) is 0 Å². The van der Waals surface area contributed by atoms with E-state index in [4.69, 9.17) is 28.3 Å². The molecular formula is C14H17Cl2NO2. The summed E-state index contributed by atoms with van der Waals surface area (Å²) in [6.45, 7) is 0.437. The van der Waals surface area contributed by atoms with Gasteiger partial charge in [-0.05, 0) is 30.9 Å². The van der Waals surface area contributed by atoms with E-state index in [1.165, 1.54) is 0 Å². The predicted molar refractivity (Wildman–Crippen MR) is 76.6 cm³/mol. The Bertz CT molecular complexity index is 461. The van der Waals surface area contributed by atoms with Gasteiger partial charge >= 0.3 is 0 Å². The highest BCUT2D eigenvalue weighted by atomic mass is 35.5. The van der Waals surface area contributed by atoms with Crippen LogP contribution in [0.25, 0.3) is 0 Å². The summed E-state index contributed by atoms with van der Waals surface area (Å²) >= 11 is 12.0. The lowest BCUT2D eigenvalue weighted by Gasteiger charge is -2.21. The summed E-state index contributed by atoms with van der Waals surface area (Å²) < 4.78 is 0. The Morgan fingerprint density at radius 2 is 2.11 bits per heavy atom. The number of rotatable bonds is 6. The van der Waals surface area contributed by atoms with Crippen LogP contribution in [0.1, 0.15) is 24.8 Å². The van der Waals surface area contributed by atoms with Crippen molar-refractivity contribution in [1.82, 2.24) is 4.90 Å². The summed E-state index contributed by atoms with van der Waals surface area (Å²) in [5.74, 6) is 0.0765. The van der Waals surface area contributed by atoms with Gasteiger partial charge in [-0.1, -0.05) is 35.3 Å². The van der Waals surface area contributed by atoms with E-state index in [9.17, 15) is 4.79 Å². The van der Waals surface area contributed by atoms with E-state index >= 15 is 0 Å². The van der Waals surface area contributed by atoms with Crippen molar-refractivity contribution >= 4 is 29.1 Å². The van der Waals surface area contributed by atoms with E-state index in [1.807, 2.05) is 12.1 Å². The lowest BCUT2D eigenvalue weighted by atomic mass is 10.1. The molecule has 1 aromatic rings. The molecule has 1 aliphatic carbocycles. The van der Waals surface area contributed by atoms with Crippen LogP contribution in [0.15, 0.2) is 18.2 Å². The van der Waals surface area contributed by atoms with E-state index in [0.717, 1.165) is 18.4 Å². The van der Waals surface area contributed by atoms with Gasteiger partial charge in [0.05, 0.1) is 16.7 Å². The maximum Gasteiger partial charge on any atom is 0.223 e. The van der Waals surface area contributed by atoms with Gasteiger partial charge in [0.1, 0.15) is 0 Å². The lowest BCUT2D eigenvalue weighted by molar-refractivity contribution is -0.132. The number of benzene rings is 1. The van der Waals surface area contributed by atoms with Gasteiger partial charge in [0.2, 0.25) is 5.91 Å². The lowest BCUT2D eigenvalue weighted by Crippen LogP contribution is -2.35. The molecule has 3 nitrogen and oxygen atoms in total. The number of aliphatic hydroxyl groups excluding tert-OH is 1. The molecule has 2 rings (SSSR count). The van der Waals surface area contributed by atoms with Crippen molar-refractivity contribution in [3.8, 4) is 0 Å². The minimum Gasteiger partial charge on any atom is -0.395 e. The number of aryl methyl sites for hydroxylation is 1. The fourth-order valence-electron chi connectivity index (χ4n) is 2.13. The highest BCUT2D eigenvalue weighted by molar-refractivity contribution is 6.42. The van der Waals surface area contributed by atoms with Gasteiger partial charge in [-0.25, -0.2) is 0 Å². The van der Waals surface area contributed by atoms with E-state index in [0.29, 0.717) is 35.5 Å². The summed E-state index contributed by atoms with van der Waals surface area (Å²) in [5, 5.41) is 10.0. The molecule has 1 fully saturated rings. The third-order valence-electron chi connectivity index (χ3n) is 3.29. The van der Waals surface area contributed by atoms with Crippen LogP contribution >= 0.6 is 23.2 Å². The highest BCUT2D eigenvalue weighted by Gasteiger charge is 2.31. The molecule has 0 aliphatic heterocycles. The average Bonchev–Trinajstić information content (AvgIpc) is 3.21. The van der Waals surface area contributed by atoms with Gasteiger partial charge in [-0.3, -0.25) is 4.79 Å². The molecule has 0 heterocycles. The van der Waals surface area contributed by atoms with Crippen LogP contribution < -0.4 is 0 Å². The molecule has 0 atom stereocenters. The fraction of sp³-hybridized carbons (Fsp3) is 0.500. The maximum atomic E-state index is 12.1. The number of aliphatic hydroxyl groups is 1. The molecule has 0 spiro atoms. The van der Waals surface area contributed by atoms with Crippen molar-refractivity contribution in [2.75, 3.05) is 13.2 Å². The molecule has 104 valence electrons. The Morgan fingerprint density at radius 1 is 1.37 bits per heavy atom. The molecule has 1 N–H and O–H groups in total. The van der Waals surface area contributed by atoms with Crippen LogP contribution in [-0.2, 0) is 11.2 Å². The molecule has 1 amide bonds. The van der Waals surface area contributed by atoms with Crippen LogP contribution in [0, 0.1) is 0 Å². The normalized spacial score (nSPS) is 14.5. The first-order valence-corrected chi connectivity index (χ1v) is 7.22. The first-order chi connectivity index (χ1) is 9.13. The van der Waals surface area contributed by atoms with Crippen LogP contribution in [0.3, 0.4) is 0 Å². The summed E-state index contributed by atoms with van der Waals surface area (Å²) in [4.78, 5) is 13.9. The maximum absolute atomic E-state index is 12.1. The third-order valence-corrected chi connectivity index (χ3v) is 4.15. The van der Waals surface area contributed by atoms with E-state index in [2.05, 4.69) is 0 Å². The second kappa shape index (κ2) is 6.60. The summed E-state index contributed by atoms with van der Waals surface area (Å²) in [6.07, 6.45) is 3.07. The summed E-state index contributed by atoms with van der Waals surface area (Å²) in [7, 11) is 0. The van der Waals surface area contributed by atoms with Gasteiger partial charge in [0.15, 0.2) is 0 Å². The molecule has 0 aromatic heterocycles. The minimum absolute atomic E-state index is 0.0140. The molecule has 19 heavy (non-hydrogen) atoms. The van der Waals surface area contributed by atoms with Crippen molar-refractivity contribution in [2.45, 2.75) is 31.7 Å². The second-order valence-corrected chi connectivity index (χ2v) is 5.54. The van der Waals surface area contributed by atoms with Crippen molar-refractivity contribution in [2.24, 2.45) is 0 Å². The Morgan fingerprint density at radius 3 is 2.74 bits per heavy atom. The summed E-state index contributed by atoms with van der Waals surface area (Å²) in [5.41, 5.74) is 0.891. The molecule has 5 heteroatoms. The second-order valence-electron chi connectivity index (χ2n) is 4.75. The molecule has 0 unspecified atom stereocenters. The zero-order valence-electron chi connectivity index (χ0n) is 10.6. The van der Waals surface area contributed by atoms with E-state index in [-0.39, 0.29) is 12.5 Å². The van der Waals surface area contributed by atoms with Gasteiger partial charge in [-0.15, -0.1) is 0 Å². The van der Waals surface area contributed by atoms with Crippen molar-refractivity contribution < 1.29 is 9.90 Å². The van der Waals surface area contributed by atoms with Crippen LogP contribution in [-0.4, -0.2) is 35.1 Å². The fourth-order valence-corrected chi connectivity index (χ4v) is 2.55. The minimum atomic E-state index is 0.0140. The molecule has 0 saturated heterocycles. The topological polar surface area (TPSA) is 40.5 Å². The number of hydrogen-bond acceptors (Lipinski definition) is 2. The highest BCUT2D eigenvalue weighted by Crippen LogP contribution is 2.29. The smallest absolute Gasteiger partial charge is 0.223 e. The first-order valence-electron chi connectivity index (χ1n) is 6.46. The monoisotopic (exact) mass is 301 g/mol. The molecule has 0 bridgehead atoms. The Labute approximate surface area is 123 Å². The molecule has 1 saturated carbocycles. The van der Waals surface area contributed by atoms with E-state index in [1.54, 1.807) is 11.0 Å². The zero-order valence-corrected chi connectivity index (χ0v) is 12.1. The van der Waals surface area contributed by atoms with Gasteiger partial charge in [0, 0.05) is 19.0 Å². The van der Waals surface area contributed by atoms with Crippen LogP contribution in [0.2, 0.25) is 10.0 Å². The Kier molecular flexibility index (Phi) is 5.08. The molecule has 1 aromatic carbocycles. The van der Waals surface area contributed by atoms with Crippen molar-refractivity contribution in [3.05, 3.63) is 33.8 Å². The predicted octanol–water partition coefficient (Wildman–Crippen LogP) is 2.91. The average molecular weight is 302 g/mol. The van der Waals surface area contributed by atoms with Gasteiger partial charge in [-0.2, -0.15) is 0 Å². The first kappa shape index (κ1) is 14.6. The third kappa shape index (κ3) is 3.85. The Balaban J connectivity index is 1.93. The Hall–Kier alpha value is -0.770. The molecule has 1 aliphatic rings. The number of carbonyl (C=O) groups excluding carboxylic acids is 1. The quantitative estimate of drug-likeness (QED) is 0.878. The number of nitrogens with zero attached hydrogens (tertiary/aromatic N) is 1. The largest absolute Gasteiger partial charge is 0.395 e. The van der Waals surface area contributed by atoms with Gasteiger partial charge < -0.3 is 10.0 Å². The number of carbonyl (C=O) groups is 1. The standard InChI is InChI=1S/C14H17Cl2NO2/c15-12-3-1-2-10(14(12)16)4-7-13(19)17(8-9-18)11-5-6-11/h1-3,11,18H,4-9H2. The molecular weight excluding hydrogens is 285 g/mol. The summed E-state index contributed by atoms with van der Waals surface area (Å²) in [6, 6.07) is 5.78. The van der Waals surface area contributed by atoms with Crippen LogP contribution in [0.4, 0.5) is 0 Å². The number of amides is 1.